The Bertz CT molecular complexity index is 226. The fourth-order valence-electron chi connectivity index (χ4n) is 2.15. The third kappa shape index (κ3) is 18.9. The third-order valence-electron chi connectivity index (χ3n) is 3.09. The normalized spacial score (nSPS) is 23.5. The Morgan fingerprint density at radius 2 is 1.52 bits per heavy atom. The molecule has 6 nitrogen and oxygen atoms in total. The molecule has 1 rings (SSSR count). The van der Waals surface area contributed by atoms with Crippen molar-refractivity contribution in [2.75, 3.05) is 13.2 Å². The van der Waals surface area contributed by atoms with Crippen molar-refractivity contribution < 1.29 is 30.3 Å². The summed E-state index contributed by atoms with van der Waals surface area (Å²) in [6, 6.07) is 0. The lowest BCUT2D eigenvalue weighted by Crippen LogP contribution is -2.31. The molecule has 0 spiro atoms. The lowest BCUT2D eigenvalue weighted by atomic mass is 9.75. The second-order valence-corrected chi connectivity index (χ2v) is 5.12. The summed E-state index contributed by atoms with van der Waals surface area (Å²) in [5, 5.41) is 38.9. The van der Waals surface area contributed by atoms with Crippen molar-refractivity contribution in [3.8, 4) is 0 Å². The molecule has 1 aliphatic rings. The average molecular weight is 308 g/mol. The number of carboxylic acid groups (broad SMARTS) is 2. The van der Waals surface area contributed by atoms with E-state index in [9.17, 15) is 5.11 Å². The van der Waals surface area contributed by atoms with E-state index in [1.165, 1.54) is 12.8 Å². The van der Waals surface area contributed by atoms with Crippen LogP contribution >= 0.6 is 0 Å². The van der Waals surface area contributed by atoms with Gasteiger partial charge in [-0.25, -0.2) is 4.79 Å². The molecule has 0 bridgehead atoms. The van der Waals surface area contributed by atoms with Gasteiger partial charge in [0.2, 0.25) is 0 Å². The molecule has 6 heteroatoms. The van der Waals surface area contributed by atoms with Crippen LogP contribution in [0.3, 0.4) is 0 Å². The quantitative estimate of drug-likeness (QED) is 0.500. The van der Waals surface area contributed by atoms with Gasteiger partial charge < -0.3 is 25.5 Å². The molecule has 0 aliphatic heterocycles. The van der Waals surface area contributed by atoms with Crippen LogP contribution in [0.25, 0.3) is 0 Å². The van der Waals surface area contributed by atoms with Gasteiger partial charge in [0.1, 0.15) is 0 Å². The summed E-state index contributed by atoms with van der Waals surface area (Å²) in [4.78, 5) is 8.56. The van der Waals surface area contributed by atoms with E-state index in [1.54, 1.807) is 0 Å². The second kappa shape index (κ2) is 16.9. The largest absolute Gasteiger partial charge is 0.503 e. The molecule has 0 radical (unpaired) electrons. The van der Waals surface area contributed by atoms with Crippen LogP contribution in [0.1, 0.15) is 40.0 Å². The minimum atomic E-state index is -1.83. The average Bonchev–Trinajstić information content (AvgIpc) is 2.40. The Morgan fingerprint density at radius 3 is 1.76 bits per heavy atom. The minimum absolute atomic E-state index is 0.0289. The van der Waals surface area contributed by atoms with Crippen LogP contribution in [-0.4, -0.2) is 51.0 Å². The first-order chi connectivity index (χ1) is 9.76. The standard InChI is InChI=1S/C10H20O.C2H6O2.C2H4.CH2O3/c1-7(2)9-5-4-8(3)6-10(9)11;3-1-2-4;1-2;2-1(3)4/h7-11H,4-6H2,1-3H3;3-4H,1-2H2;1-2H2;(H2,2,3,4). The van der Waals surface area contributed by atoms with Crippen molar-refractivity contribution in [3.05, 3.63) is 13.2 Å². The van der Waals surface area contributed by atoms with Crippen molar-refractivity contribution in [1.82, 2.24) is 0 Å². The molecule has 1 saturated carbocycles. The SMILES string of the molecule is C=C.CC1CCC(C(C)C)C(O)C1.O=C(O)O.OCCO. The number of hydrogen-bond acceptors (Lipinski definition) is 4. The molecule has 21 heavy (non-hydrogen) atoms. The van der Waals surface area contributed by atoms with Crippen LogP contribution in [0.15, 0.2) is 13.2 Å². The summed E-state index contributed by atoms with van der Waals surface area (Å²) in [5.41, 5.74) is 0. The first-order valence-electron chi connectivity index (χ1n) is 7.07. The third-order valence-corrected chi connectivity index (χ3v) is 3.09. The van der Waals surface area contributed by atoms with E-state index >= 15 is 0 Å². The number of rotatable bonds is 2. The summed E-state index contributed by atoms with van der Waals surface area (Å²) < 4.78 is 0. The van der Waals surface area contributed by atoms with Crippen molar-refractivity contribution in [1.29, 1.82) is 0 Å². The molecule has 0 aromatic heterocycles. The maximum absolute atomic E-state index is 9.71. The fourth-order valence-corrected chi connectivity index (χ4v) is 2.15. The molecule has 0 aromatic rings. The van der Waals surface area contributed by atoms with Crippen LogP contribution < -0.4 is 0 Å². The molecule has 5 N–H and O–H groups in total. The highest BCUT2D eigenvalue weighted by Gasteiger charge is 2.28. The van der Waals surface area contributed by atoms with Gasteiger partial charge in [0.25, 0.3) is 0 Å². The molecule has 0 aromatic carbocycles. The Balaban J connectivity index is -0.000000271. The van der Waals surface area contributed by atoms with E-state index < -0.39 is 6.16 Å². The van der Waals surface area contributed by atoms with Crippen molar-refractivity contribution >= 4 is 6.16 Å². The lowest BCUT2D eigenvalue weighted by Gasteiger charge is -2.33. The Kier molecular flexibility index (Phi) is 20.1. The topological polar surface area (TPSA) is 118 Å². The zero-order valence-corrected chi connectivity index (χ0v) is 13.4. The first kappa shape index (κ1) is 24.9. The number of aliphatic hydroxyl groups is 3. The summed E-state index contributed by atoms with van der Waals surface area (Å²) in [6.45, 7) is 12.4. The summed E-state index contributed by atoms with van der Waals surface area (Å²) in [5.74, 6) is 1.95. The molecule has 1 aliphatic carbocycles. The van der Waals surface area contributed by atoms with Crippen LogP contribution in [0.2, 0.25) is 0 Å². The van der Waals surface area contributed by atoms with E-state index in [1.807, 2.05) is 0 Å². The summed E-state index contributed by atoms with van der Waals surface area (Å²) in [6.07, 6.45) is 1.68. The van der Waals surface area contributed by atoms with Crippen LogP contribution in [0.4, 0.5) is 4.79 Å². The Hall–Kier alpha value is -1.11. The van der Waals surface area contributed by atoms with Crippen LogP contribution in [0, 0.1) is 17.8 Å². The predicted octanol–water partition coefficient (Wildman–Crippen LogP) is 2.44. The van der Waals surface area contributed by atoms with Gasteiger partial charge in [-0.3, -0.25) is 0 Å². The molecule has 3 unspecified atom stereocenters. The van der Waals surface area contributed by atoms with Gasteiger partial charge in [-0.2, -0.15) is 0 Å². The molecule has 0 heterocycles. The second-order valence-electron chi connectivity index (χ2n) is 5.12. The number of aliphatic hydroxyl groups excluding tert-OH is 3. The fraction of sp³-hybridized carbons (Fsp3) is 0.800. The van der Waals surface area contributed by atoms with Gasteiger partial charge >= 0.3 is 6.16 Å². The van der Waals surface area contributed by atoms with Crippen LogP contribution in [0.5, 0.6) is 0 Å². The van der Waals surface area contributed by atoms with E-state index in [0.29, 0.717) is 11.8 Å². The van der Waals surface area contributed by atoms with E-state index in [2.05, 4.69) is 33.9 Å². The van der Waals surface area contributed by atoms with Crippen LogP contribution in [-0.2, 0) is 0 Å². The van der Waals surface area contributed by atoms with Gasteiger partial charge in [0, 0.05) is 0 Å². The predicted molar refractivity (Wildman–Crippen MR) is 83.4 cm³/mol. The molecule has 128 valence electrons. The van der Waals surface area contributed by atoms with Crippen molar-refractivity contribution in [2.24, 2.45) is 17.8 Å². The van der Waals surface area contributed by atoms with E-state index in [4.69, 9.17) is 25.2 Å². The summed E-state index contributed by atoms with van der Waals surface area (Å²) >= 11 is 0. The van der Waals surface area contributed by atoms with Gasteiger partial charge in [0.15, 0.2) is 0 Å². The molecule has 3 atom stereocenters. The first-order valence-corrected chi connectivity index (χ1v) is 7.07. The molecular formula is C15H32O6. The monoisotopic (exact) mass is 308 g/mol. The van der Waals surface area contributed by atoms with Gasteiger partial charge in [-0.05, 0) is 30.6 Å². The van der Waals surface area contributed by atoms with E-state index in [0.717, 1.165) is 12.3 Å². The number of carbonyl (C=O) groups is 1. The van der Waals surface area contributed by atoms with Crippen molar-refractivity contribution in [3.63, 3.8) is 0 Å². The molecular weight excluding hydrogens is 276 g/mol. The van der Waals surface area contributed by atoms with E-state index in [-0.39, 0.29) is 19.3 Å². The maximum Gasteiger partial charge on any atom is 0.503 e. The minimum Gasteiger partial charge on any atom is -0.450 e. The van der Waals surface area contributed by atoms with Gasteiger partial charge in [0.05, 0.1) is 19.3 Å². The lowest BCUT2D eigenvalue weighted by molar-refractivity contribution is 0.0266. The van der Waals surface area contributed by atoms with Crippen molar-refractivity contribution in [2.45, 2.75) is 46.1 Å². The highest BCUT2D eigenvalue weighted by atomic mass is 16.6. The van der Waals surface area contributed by atoms with Gasteiger partial charge in [-0.1, -0.05) is 27.2 Å². The summed E-state index contributed by atoms with van der Waals surface area (Å²) in [7, 11) is 0. The molecule has 1 fully saturated rings. The highest BCUT2D eigenvalue weighted by Crippen LogP contribution is 2.33. The molecule has 0 amide bonds. The zero-order valence-electron chi connectivity index (χ0n) is 13.4. The Labute approximate surface area is 127 Å². The molecule has 0 saturated heterocycles. The van der Waals surface area contributed by atoms with Gasteiger partial charge in [-0.15, -0.1) is 13.2 Å². The zero-order chi connectivity index (χ0) is 17.4. The Morgan fingerprint density at radius 1 is 1.14 bits per heavy atom. The maximum atomic E-state index is 9.71. The smallest absolute Gasteiger partial charge is 0.450 e. The number of hydrogen-bond donors (Lipinski definition) is 5. The highest BCUT2D eigenvalue weighted by molar-refractivity contribution is 5.53.